The molecule has 1 atom stereocenters. The fraction of sp³-hybridized carbons (Fsp3) is 0.438. The Morgan fingerprint density at radius 2 is 2.17 bits per heavy atom. The van der Waals surface area contributed by atoms with Gasteiger partial charge in [0.05, 0.1) is 6.26 Å². The van der Waals surface area contributed by atoms with E-state index in [-0.39, 0.29) is 12.5 Å². The Morgan fingerprint density at radius 3 is 2.70 bits per heavy atom. The Balaban J connectivity index is 2.15. The molecule has 1 unspecified atom stereocenters. The third kappa shape index (κ3) is 3.13. The van der Waals surface area contributed by atoms with E-state index in [9.17, 15) is 14.4 Å². The van der Waals surface area contributed by atoms with Crippen molar-refractivity contribution in [3.05, 3.63) is 36.3 Å². The number of carbonyl (C=O) groups excluding carboxylic acids is 3. The van der Waals surface area contributed by atoms with Gasteiger partial charge in [-0.05, 0) is 32.9 Å². The average Bonchev–Trinajstić information content (AvgIpc) is 3.09. The molecule has 1 saturated heterocycles. The summed E-state index contributed by atoms with van der Waals surface area (Å²) in [5, 5.41) is 2.59. The van der Waals surface area contributed by atoms with Crippen LogP contribution in [0.25, 0.3) is 0 Å². The van der Waals surface area contributed by atoms with E-state index < -0.39 is 17.5 Å². The molecule has 0 aromatic carbocycles. The Hall–Kier alpha value is -2.57. The van der Waals surface area contributed by atoms with Crippen molar-refractivity contribution in [1.82, 2.24) is 15.1 Å². The molecule has 2 rings (SSSR count). The number of urea groups is 1. The number of amides is 4. The van der Waals surface area contributed by atoms with Crippen LogP contribution in [0.5, 0.6) is 0 Å². The van der Waals surface area contributed by atoms with Crippen molar-refractivity contribution in [2.75, 3.05) is 19.6 Å². The maximum Gasteiger partial charge on any atom is 0.325 e. The summed E-state index contributed by atoms with van der Waals surface area (Å²) in [5.74, 6) is -0.472. The molecule has 1 aromatic rings. The minimum atomic E-state index is -1.29. The third-order valence-electron chi connectivity index (χ3n) is 3.78. The van der Waals surface area contributed by atoms with Crippen molar-refractivity contribution in [3.63, 3.8) is 0 Å². The first-order valence-corrected chi connectivity index (χ1v) is 7.39. The smallest absolute Gasteiger partial charge is 0.325 e. The zero-order valence-corrected chi connectivity index (χ0v) is 13.6. The van der Waals surface area contributed by atoms with E-state index in [0.29, 0.717) is 18.8 Å². The minimum Gasteiger partial charge on any atom is -0.466 e. The van der Waals surface area contributed by atoms with Gasteiger partial charge in [-0.3, -0.25) is 14.5 Å². The van der Waals surface area contributed by atoms with Gasteiger partial charge in [-0.15, -0.1) is 0 Å². The van der Waals surface area contributed by atoms with E-state index in [1.807, 2.05) is 13.8 Å². The van der Waals surface area contributed by atoms with Crippen molar-refractivity contribution < 1.29 is 18.8 Å². The normalized spacial score (nSPS) is 20.6. The number of hydrogen-bond donors (Lipinski definition) is 1. The second-order valence-corrected chi connectivity index (χ2v) is 5.79. The monoisotopic (exact) mass is 319 g/mol. The second kappa shape index (κ2) is 6.28. The van der Waals surface area contributed by atoms with Crippen molar-refractivity contribution in [1.29, 1.82) is 0 Å². The molecule has 7 nitrogen and oxygen atoms in total. The highest BCUT2D eigenvalue weighted by molar-refractivity contribution is 6.08. The maximum absolute atomic E-state index is 12.6. The summed E-state index contributed by atoms with van der Waals surface area (Å²) in [6.45, 7) is 9.56. The number of carbonyl (C=O) groups is 3. The van der Waals surface area contributed by atoms with Crippen LogP contribution in [0, 0.1) is 0 Å². The van der Waals surface area contributed by atoms with Crippen molar-refractivity contribution in [2.24, 2.45) is 0 Å². The molecule has 0 saturated carbocycles. The average molecular weight is 319 g/mol. The van der Waals surface area contributed by atoms with Crippen LogP contribution in [0.2, 0.25) is 0 Å². The van der Waals surface area contributed by atoms with Crippen molar-refractivity contribution in [3.8, 4) is 0 Å². The number of rotatable bonds is 6. The first-order chi connectivity index (χ1) is 10.8. The zero-order valence-electron chi connectivity index (χ0n) is 13.6. The van der Waals surface area contributed by atoms with Gasteiger partial charge in [-0.1, -0.05) is 12.2 Å². The summed E-state index contributed by atoms with van der Waals surface area (Å²) in [6, 6.07) is 2.65. The molecule has 2 heterocycles. The lowest BCUT2D eigenvalue weighted by molar-refractivity contribution is -0.138. The quantitative estimate of drug-likeness (QED) is 0.636. The van der Waals surface area contributed by atoms with Crippen LogP contribution in [0.3, 0.4) is 0 Å². The SMILES string of the molecule is C=C(C)CN(CC)C(=O)CN1C(=O)NC(C)(c2ccco2)C1=O. The van der Waals surface area contributed by atoms with Gasteiger partial charge in [0.2, 0.25) is 5.91 Å². The molecule has 0 spiro atoms. The number of nitrogens with one attached hydrogen (secondary N) is 1. The molecule has 7 heteroatoms. The van der Waals surface area contributed by atoms with Gasteiger partial charge in [-0.25, -0.2) is 4.79 Å². The first kappa shape index (κ1) is 16.8. The molecule has 124 valence electrons. The Kier molecular flexibility index (Phi) is 4.58. The fourth-order valence-corrected chi connectivity index (χ4v) is 2.51. The summed E-state index contributed by atoms with van der Waals surface area (Å²) >= 11 is 0. The van der Waals surface area contributed by atoms with E-state index in [4.69, 9.17) is 4.42 Å². The highest BCUT2D eigenvalue weighted by atomic mass is 16.3. The standard InChI is InChI=1S/C16H21N3O4/c1-5-18(9-11(2)3)13(20)10-19-14(21)16(4,17-15(19)22)12-7-6-8-23-12/h6-8H,2,5,9-10H2,1,3-4H3,(H,17,22). The Morgan fingerprint density at radius 1 is 1.48 bits per heavy atom. The van der Waals surface area contributed by atoms with Crippen molar-refractivity contribution in [2.45, 2.75) is 26.3 Å². The lowest BCUT2D eigenvalue weighted by Gasteiger charge is -2.23. The number of nitrogens with zero attached hydrogens (tertiary/aromatic N) is 2. The van der Waals surface area contributed by atoms with E-state index in [1.165, 1.54) is 6.26 Å². The zero-order chi connectivity index (χ0) is 17.2. The van der Waals surface area contributed by atoms with Crippen LogP contribution in [-0.2, 0) is 15.1 Å². The molecule has 23 heavy (non-hydrogen) atoms. The number of likely N-dealkylation sites (N-methyl/N-ethyl adjacent to an activating group) is 1. The topological polar surface area (TPSA) is 82.9 Å². The minimum absolute atomic E-state index is 0.303. The fourth-order valence-electron chi connectivity index (χ4n) is 2.51. The second-order valence-electron chi connectivity index (χ2n) is 5.79. The van der Waals surface area contributed by atoms with Crippen LogP contribution in [0.1, 0.15) is 26.5 Å². The highest BCUT2D eigenvalue weighted by Crippen LogP contribution is 2.28. The van der Waals surface area contributed by atoms with Gasteiger partial charge in [0.15, 0.2) is 5.54 Å². The van der Waals surface area contributed by atoms with Crippen LogP contribution in [0.4, 0.5) is 4.79 Å². The molecule has 4 amide bonds. The van der Waals surface area contributed by atoms with Crippen LogP contribution < -0.4 is 5.32 Å². The van der Waals surface area contributed by atoms with Crippen LogP contribution >= 0.6 is 0 Å². The molecule has 0 bridgehead atoms. The summed E-state index contributed by atoms with van der Waals surface area (Å²) < 4.78 is 5.24. The number of hydrogen-bond acceptors (Lipinski definition) is 4. The molecule has 0 radical (unpaired) electrons. The van der Waals surface area contributed by atoms with Gasteiger partial charge in [-0.2, -0.15) is 0 Å². The molecule has 1 aliphatic rings. The van der Waals surface area contributed by atoms with Gasteiger partial charge in [0, 0.05) is 13.1 Å². The Labute approximate surface area is 134 Å². The highest BCUT2D eigenvalue weighted by Gasteiger charge is 2.51. The summed E-state index contributed by atoms with van der Waals surface area (Å²) in [7, 11) is 0. The van der Waals surface area contributed by atoms with Crippen LogP contribution in [-0.4, -0.2) is 47.3 Å². The molecule has 1 aromatic heterocycles. The predicted octanol–water partition coefficient (Wildman–Crippen LogP) is 1.47. The third-order valence-corrected chi connectivity index (χ3v) is 3.78. The number of furan rings is 1. The molecule has 1 aliphatic heterocycles. The molecule has 1 fully saturated rings. The number of imide groups is 1. The maximum atomic E-state index is 12.6. The van der Waals surface area contributed by atoms with Crippen LogP contribution in [0.15, 0.2) is 35.0 Å². The molecular weight excluding hydrogens is 298 g/mol. The molecule has 0 aliphatic carbocycles. The van der Waals surface area contributed by atoms with E-state index in [2.05, 4.69) is 11.9 Å². The van der Waals surface area contributed by atoms with E-state index in [1.54, 1.807) is 24.0 Å². The Bertz CT molecular complexity index is 638. The predicted molar refractivity (Wildman–Crippen MR) is 83.4 cm³/mol. The molecule has 1 N–H and O–H groups in total. The van der Waals surface area contributed by atoms with Gasteiger partial charge < -0.3 is 14.6 Å². The first-order valence-electron chi connectivity index (χ1n) is 7.39. The summed E-state index contributed by atoms with van der Waals surface area (Å²) in [6.07, 6.45) is 1.43. The van der Waals surface area contributed by atoms with E-state index in [0.717, 1.165) is 10.5 Å². The lowest BCUT2D eigenvalue weighted by atomic mass is 9.99. The largest absolute Gasteiger partial charge is 0.466 e. The van der Waals surface area contributed by atoms with Gasteiger partial charge in [0.25, 0.3) is 5.91 Å². The summed E-state index contributed by atoms with van der Waals surface area (Å²) in [4.78, 5) is 39.5. The molecular formula is C16H21N3O4. The van der Waals surface area contributed by atoms with E-state index >= 15 is 0 Å². The summed E-state index contributed by atoms with van der Waals surface area (Å²) in [5.41, 5.74) is -0.454. The lowest BCUT2D eigenvalue weighted by Crippen LogP contribution is -2.44. The van der Waals surface area contributed by atoms with Gasteiger partial charge >= 0.3 is 6.03 Å². The van der Waals surface area contributed by atoms with Crippen molar-refractivity contribution >= 4 is 17.8 Å². The van der Waals surface area contributed by atoms with Gasteiger partial charge in [0.1, 0.15) is 12.3 Å².